The number of ketones is 1. The predicted octanol–water partition coefficient (Wildman–Crippen LogP) is 5.21. The molecule has 0 bridgehead atoms. The molecule has 0 aromatic carbocycles. The standard InChI is InChI=1S/C21H30O2/c1-4-13-6-8-16-15-7-5-14-11-18(22)19(23)12-21(14,3)17(15)9-10-20(13,16)2/h11-13,15-17,23H,4-10H2,1-3H3/t13-,15-,16-,17-,20+,21-/m0/s1. The Balaban J connectivity index is 1.70. The molecule has 3 saturated carbocycles. The Morgan fingerprint density at radius 1 is 1.17 bits per heavy atom. The van der Waals surface area contributed by atoms with E-state index in [9.17, 15) is 9.90 Å². The van der Waals surface area contributed by atoms with Gasteiger partial charge in [-0.15, -0.1) is 0 Å². The summed E-state index contributed by atoms with van der Waals surface area (Å²) in [5.74, 6) is 2.90. The normalized spacial score (nSPS) is 48.9. The maximum absolute atomic E-state index is 11.9. The van der Waals surface area contributed by atoms with Gasteiger partial charge in [-0.1, -0.05) is 32.8 Å². The van der Waals surface area contributed by atoms with Crippen LogP contribution in [0.4, 0.5) is 0 Å². The van der Waals surface area contributed by atoms with Crippen LogP contribution >= 0.6 is 0 Å². The highest BCUT2D eigenvalue weighted by Crippen LogP contribution is 2.66. The van der Waals surface area contributed by atoms with Gasteiger partial charge in [-0.2, -0.15) is 0 Å². The second-order valence-corrected chi connectivity index (χ2v) is 8.99. The van der Waals surface area contributed by atoms with Crippen LogP contribution in [0.25, 0.3) is 0 Å². The molecule has 4 aliphatic carbocycles. The lowest BCUT2D eigenvalue weighted by Gasteiger charge is -2.57. The van der Waals surface area contributed by atoms with E-state index in [0.717, 1.165) is 24.2 Å². The highest BCUT2D eigenvalue weighted by molar-refractivity contribution is 6.04. The van der Waals surface area contributed by atoms with E-state index >= 15 is 0 Å². The number of hydrogen-bond donors (Lipinski definition) is 1. The number of allylic oxidation sites excluding steroid dienone is 3. The Hall–Kier alpha value is -1.05. The van der Waals surface area contributed by atoms with E-state index in [1.807, 2.05) is 6.08 Å². The molecule has 126 valence electrons. The summed E-state index contributed by atoms with van der Waals surface area (Å²) in [6.45, 7) is 7.19. The van der Waals surface area contributed by atoms with Crippen molar-refractivity contribution in [3.63, 3.8) is 0 Å². The van der Waals surface area contributed by atoms with E-state index in [1.54, 1.807) is 6.08 Å². The molecule has 0 heterocycles. The molecule has 2 nitrogen and oxygen atoms in total. The minimum Gasteiger partial charge on any atom is -0.504 e. The first kappa shape index (κ1) is 15.5. The van der Waals surface area contributed by atoms with Crippen LogP contribution < -0.4 is 0 Å². The molecule has 0 unspecified atom stereocenters. The summed E-state index contributed by atoms with van der Waals surface area (Å²) in [6.07, 6.45) is 12.6. The second kappa shape index (κ2) is 4.97. The fourth-order valence-electron chi connectivity index (χ4n) is 7.06. The predicted molar refractivity (Wildman–Crippen MR) is 92.0 cm³/mol. The van der Waals surface area contributed by atoms with Crippen LogP contribution in [0.3, 0.4) is 0 Å². The number of aliphatic hydroxyl groups is 1. The van der Waals surface area contributed by atoms with E-state index in [2.05, 4.69) is 20.8 Å². The Bertz CT molecular complexity index is 601. The van der Waals surface area contributed by atoms with Gasteiger partial charge in [-0.05, 0) is 79.8 Å². The molecule has 0 aliphatic heterocycles. The zero-order valence-electron chi connectivity index (χ0n) is 14.8. The third-order valence-electron chi connectivity index (χ3n) is 8.33. The van der Waals surface area contributed by atoms with Gasteiger partial charge in [0.15, 0.2) is 5.76 Å². The van der Waals surface area contributed by atoms with Gasteiger partial charge in [0.2, 0.25) is 5.78 Å². The third-order valence-corrected chi connectivity index (χ3v) is 8.33. The smallest absolute Gasteiger partial charge is 0.219 e. The van der Waals surface area contributed by atoms with Crippen LogP contribution in [0.15, 0.2) is 23.5 Å². The van der Waals surface area contributed by atoms with Crippen LogP contribution in [0, 0.1) is 34.5 Å². The average Bonchev–Trinajstić information content (AvgIpc) is 2.85. The van der Waals surface area contributed by atoms with Gasteiger partial charge >= 0.3 is 0 Å². The van der Waals surface area contributed by atoms with Crippen molar-refractivity contribution in [1.29, 1.82) is 0 Å². The lowest BCUT2D eigenvalue weighted by atomic mass is 9.47. The first-order valence-corrected chi connectivity index (χ1v) is 9.57. The van der Waals surface area contributed by atoms with Crippen LogP contribution in [0.2, 0.25) is 0 Å². The van der Waals surface area contributed by atoms with Crippen molar-refractivity contribution in [3.05, 3.63) is 23.5 Å². The van der Waals surface area contributed by atoms with E-state index in [4.69, 9.17) is 0 Å². The summed E-state index contributed by atoms with van der Waals surface area (Å²) >= 11 is 0. The molecule has 4 aliphatic rings. The van der Waals surface area contributed by atoms with Crippen molar-refractivity contribution in [2.24, 2.45) is 34.5 Å². The van der Waals surface area contributed by atoms with Crippen LogP contribution in [-0.2, 0) is 4.79 Å². The van der Waals surface area contributed by atoms with E-state index in [1.165, 1.54) is 44.1 Å². The number of carbonyl (C=O) groups excluding carboxylic acids is 1. The van der Waals surface area contributed by atoms with Crippen molar-refractivity contribution < 1.29 is 9.90 Å². The largest absolute Gasteiger partial charge is 0.504 e. The third kappa shape index (κ3) is 1.96. The van der Waals surface area contributed by atoms with Gasteiger partial charge in [0.05, 0.1) is 0 Å². The minimum absolute atomic E-state index is 0.0249. The Morgan fingerprint density at radius 2 is 1.96 bits per heavy atom. The number of carbonyl (C=O) groups is 1. The topological polar surface area (TPSA) is 37.3 Å². The molecule has 0 amide bonds. The van der Waals surface area contributed by atoms with E-state index in [-0.39, 0.29) is 17.0 Å². The van der Waals surface area contributed by atoms with Crippen molar-refractivity contribution in [2.45, 2.75) is 65.7 Å². The molecule has 2 heteroatoms. The van der Waals surface area contributed by atoms with Crippen LogP contribution in [0.1, 0.15) is 65.7 Å². The average molecular weight is 314 g/mol. The summed E-state index contributed by atoms with van der Waals surface area (Å²) in [5.41, 5.74) is 1.71. The fourth-order valence-corrected chi connectivity index (χ4v) is 7.06. The quantitative estimate of drug-likeness (QED) is 0.721. The Kier molecular flexibility index (Phi) is 3.35. The molecule has 4 rings (SSSR count). The van der Waals surface area contributed by atoms with Crippen molar-refractivity contribution in [2.75, 3.05) is 0 Å². The van der Waals surface area contributed by atoms with Crippen molar-refractivity contribution >= 4 is 5.78 Å². The van der Waals surface area contributed by atoms with Crippen molar-refractivity contribution in [1.82, 2.24) is 0 Å². The van der Waals surface area contributed by atoms with Crippen LogP contribution in [0.5, 0.6) is 0 Å². The second-order valence-electron chi connectivity index (χ2n) is 8.99. The van der Waals surface area contributed by atoms with E-state index < -0.39 is 0 Å². The molecule has 0 radical (unpaired) electrons. The molecule has 0 aromatic heterocycles. The van der Waals surface area contributed by atoms with Crippen LogP contribution in [-0.4, -0.2) is 10.9 Å². The van der Waals surface area contributed by atoms with Gasteiger partial charge in [-0.3, -0.25) is 4.79 Å². The monoisotopic (exact) mass is 314 g/mol. The maximum Gasteiger partial charge on any atom is 0.219 e. The molecule has 6 atom stereocenters. The lowest BCUT2D eigenvalue weighted by molar-refractivity contribution is -0.114. The van der Waals surface area contributed by atoms with Gasteiger partial charge in [-0.25, -0.2) is 0 Å². The minimum atomic E-state index is -0.191. The number of hydrogen-bond acceptors (Lipinski definition) is 2. The summed E-state index contributed by atoms with van der Waals surface area (Å²) in [7, 11) is 0. The van der Waals surface area contributed by atoms with Gasteiger partial charge in [0.25, 0.3) is 0 Å². The molecule has 1 N–H and O–H groups in total. The summed E-state index contributed by atoms with van der Waals surface area (Å²) < 4.78 is 0. The Morgan fingerprint density at radius 3 is 2.70 bits per heavy atom. The number of fused-ring (bicyclic) bond motifs is 5. The summed E-state index contributed by atoms with van der Waals surface area (Å²) in [5, 5.41) is 10.1. The van der Waals surface area contributed by atoms with E-state index in [0.29, 0.717) is 11.3 Å². The number of rotatable bonds is 1. The SMILES string of the molecule is CC[C@H]1CC[C@H]2[C@@H]3CCC4=CC(=O)C(O)=C[C@]4(C)[C@H]3CC[C@]12C. The Labute approximate surface area is 140 Å². The molecular weight excluding hydrogens is 284 g/mol. The highest BCUT2D eigenvalue weighted by atomic mass is 16.3. The molecule has 3 fully saturated rings. The van der Waals surface area contributed by atoms with Gasteiger partial charge in [0.1, 0.15) is 0 Å². The lowest BCUT2D eigenvalue weighted by Crippen LogP contribution is -2.49. The fraction of sp³-hybridized carbons (Fsp3) is 0.762. The molecule has 0 saturated heterocycles. The first-order chi connectivity index (χ1) is 10.9. The maximum atomic E-state index is 11.9. The zero-order valence-corrected chi connectivity index (χ0v) is 14.8. The first-order valence-electron chi connectivity index (χ1n) is 9.57. The molecule has 23 heavy (non-hydrogen) atoms. The zero-order chi connectivity index (χ0) is 16.4. The molecule has 0 spiro atoms. The molecule has 0 aromatic rings. The highest BCUT2D eigenvalue weighted by Gasteiger charge is 2.58. The van der Waals surface area contributed by atoms with Gasteiger partial charge in [0, 0.05) is 5.41 Å². The molecular formula is C21H30O2. The summed E-state index contributed by atoms with van der Waals surface area (Å²) in [4.78, 5) is 11.9. The van der Waals surface area contributed by atoms with Crippen molar-refractivity contribution in [3.8, 4) is 0 Å². The van der Waals surface area contributed by atoms with Gasteiger partial charge < -0.3 is 5.11 Å². The number of aliphatic hydroxyl groups excluding tert-OH is 1. The summed E-state index contributed by atoms with van der Waals surface area (Å²) in [6, 6.07) is 0.